The summed E-state index contributed by atoms with van der Waals surface area (Å²) in [6.45, 7) is 4.29. The van der Waals surface area contributed by atoms with Crippen molar-refractivity contribution in [3.63, 3.8) is 0 Å². The van der Waals surface area contributed by atoms with Crippen LogP contribution in [0.3, 0.4) is 0 Å². The molecule has 1 unspecified atom stereocenters. The predicted molar refractivity (Wildman–Crippen MR) is 212 cm³/mol. The Bertz CT molecular complexity index is 2320. The second-order valence-electron chi connectivity index (χ2n) is 13.1. The number of aryl methyl sites for hydroxylation is 2. The first kappa shape index (κ1) is 35.8. The number of carbonyl (C=O) groups excluding carboxylic acids is 1. The summed E-state index contributed by atoms with van der Waals surface area (Å²) in [5, 5.41) is 3.68. The molecular weight excluding hydrogens is 722 g/mol. The Balaban J connectivity index is 1.26. The van der Waals surface area contributed by atoms with E-state index in [1.54, 1.807) is 20.3 Å². The molecule has 2 heterocycles. The molecule has 2 aliphatic heterocycles. The molecule has 0 fully saturated rings. The monoisotopic (exact) mass is 762 g/mol. The molecule has 0 aromatic heterocycles. The van der Waals surface area contributed by atoms with Crippen LogP contribution in [0.5, 0.6) is 40.2 Å². The van der Waals surface area contributed by atoms with Crippen LogP contribution in [-0.2, 0) is 17.4 Å². The average molecular weight is 763 g/mol. The third kappa shape index (κ3) is 6.95. The van der Waals surface area contributed by atoms with Crippen molar-refractivity contribution in [2.24, 2.45) is 0 Å². The van der Waals surface area contributed by atoms with Gasteiger partial charge in [0.15, 0.2) is 5.75 Å². The summed E-state index contributed by atoms with van der Waals surface area (Å²) in [7, 11) is -0.842. The lowest BCUT2D eigenvalue weighted by Gasteiger charge is -2.28. The molecular formula is C43H40O9P2. The molecule has 6 aromatic carbocycles. The zero-order chi connectivity index (χ0) is 37.2. The second-order valence-corrected chi connectivity index (χ2v) is 15.1. The standard InChI is InChI=1S/C43H40O9P2/c1-5-7-13-29-23-31(45-3)25-35(40(29)49-53-47-37-19-11-16-28-17-12-20-38(48-53)39(28)37)36-26-32(46-4)24-30(14-8-6-2)41(36)50-54-51-42-33-18-10-9-15-27(33)21-22-34(42)43(44)52-54/h9-12,15-26H,5-8,13-14H2,1-4H3. The molecule has 9 nitrogen and oxygen atoms in total. The second kappa shape index (κ2) is 15.6. The lowest BCUT2D eigenvalue weighted by Crippen LogP contribution is -2.15. The van der Waals surface area contributed by atoms with Gasteiger partial charge in [-0.15, -0.1) is 0 Å². The van der Waals surface area contributed by atoms with Crippen molar-refractivity contribution in [3.8, 4) is 51.4 Å². The van der Waals surface area contributed by atoms with Crippen LogP contribution in [0, 0.1) is 0 Å². The number of methoxy groups -OCH3 is 2. The van der Waals surface area contributed by atoms with E-state index in [1.807, 2.05) is 91.0 Å². The Morgan fingerprint density at radius 1 is 0.574 bits per heavy atom. The zero-order valence-electron chi connectivity index (χ0n) is 30.5. The first-order valence-electron chi connectivity index (χ1n) is 18.2. The Hall–Kier alpha value is -5.23. The summed E-state index contributed by atoms with van der Waals surface area (Å²) in [6.07, 6.45) is 5.11. The van der Waals surface area contributed by atoms with E-state index in [4.69, 9.17) is 36.6 Å². The zero-order valence-corrected chi connectivity index (χ0v) is 32.3. The minimum absolute atomic E-state index is 0.355. The average Bonchev–Trinajstić information content (AvgIpc) is 3.20. The van der Waals surface area contributed by atoms with Crippen molar-refractivity contribution in [2.45, 2.75) is 52.4 Å². The minimum Gasteiger partial charge on any atom is -0.497 e. The predicted octanol–water partition coefficient (Wildman–Crippen LogP) is 12.3. The molecule has 8 rings (SSSR count). The van der Waals surface area contributed by atoms with Crippen LogP contribution in [-0.4, -0.2) is 20.2 Å². The fraction of sp³-hybridized carbons (Fsp3) is 0.233. The van der Waals surface area contributed by atoms with Gasteiger partial charge in [-0.1, -0.05) is 81.3 Å². The van der Waals surface area contributed by atoms with Crippen molar-refractivity contribution in [1.29, 1.82) is 0 Å². The summed E-state index contributed by atoms with van der Waals surface area (Å²) in [5.41, 5.74) is 3.49. The SMILES string of the molecule is CCCCc1cc(OC)cc(-c2cc(OC)cc(CCCC)c2OP2Oc3cccc4cccc(c34)O2)c1OP1OC(=O)c2ccc3ccccc3c2O1. The molecule has 276 valence electrons. The van der Waals surface area contributed by atoms with E-state index in [0.29, 0.717) is 69.8 Å². The molecule has 2 aliphatic rings. The van der Waals surface area contributed by atoms with E-state index in [9.17, 15) is 4.79 Å². The van der Waals surface area contributed by atoms with Gasteiger partial charge in [0.1, 0.15) is 40.1 Å². The first-order chi connectivity index (χ1) is 26.5. The van der Waals surface area contributed by atoms with Crippen molar-refractivity contribution in [1.82, 2.24) is 0 Å². The highest BCUT2D eigenvalue weighted by Crippen LogP contribution is 2.57. The van der Waals surface area contributed by atoms with E-state index in [1.165, 1.54) is 0 Å². The van der Waals surface area contributed by atoms with Crippen LogP contribution in [0.4, 0.5) is 0 Å². The van der Waals surface area contributed by atoms with Gasteiger partial charge in [-0.05, 0) is 90.0 Å². The molecule has 0 N–H and O–H groups in total. The number of benzene rings is 6. The van der Waals surface area contributed by atoms with Crippen LogP contribution in [0.15, 0.2) is 97.1 Å². The van der Waals surface area contributed by atoms with E-state index < -0.39 is 23.2 Å². The molecule has 0 radical (unpaired) electrons. The van der Waals surface area contributed by atoms with Crippen molar-refractivity contribution < 1.29 is 41.4 Å². The number of carbonyl (C=O) groups is 1. The third-order valence-electron chi connectivity index (χ3n) is 9.57. The van der Waals surface area contributed by atoms with Gasteiger partial charge in [0.25, 0.3) is 0 Å². The molecule has 0 amide bonds. The third-order valence-corrected chi connectivity index (χ3v) is 11.6. The van der Waals surface area contributed by atoms with E-state index in [-0.39, 0.29) is 0 Å². The molecule has 0 aliphatic carbocycles. The minimum atomic E-state index is -2.21. The number of hydrogen-bond donors (Lipinski definition) is 0. The Labute approximate surface area is 317 Å². The number of unbranched alkanes of at least 4 members (excludes halogenated alkanes) is 2. The fourth-order valence-corrected chi connectivity index (χ4v) is 8.97. The molecule has 54 heavy (non-hydrogen) atoms. The Morgan fingerprint density at radius 2 is 1.13 bits per heavy atom. The summed E-state index contributed by atoms with van der Waals surface area (Å²) < 4.78 is 50.6. The lowest BCUT2D eigenvalue weighted by atomic mass is 9.94. The van der Waals surface area contributed by atoms with Crippen molar-refractivity contribution >= 4 is 44.7 Å². The number of fused-ring (bicyclic) bond motifs is 3. The maximum Gasteiger partial charge on any atom is 0.532 e. The van der Waals surface area contributed by atoms with E-state index >= 15 is 0 Å². The van der Waals surface area contributed by atoms with Crippen LogP contribution in [0.25, 0.3) is 32.7 Å². The highest BCUT2D eigenvalue weighted by molar-refractivity contribution is 7.43. The largest absolute Gasteiger partial charge is 0.532 e. The van der Waals surface area contributed by atoms with Gasteiger partial charge in [0.2, 0.25) is 0 Å². The van der Waals surface area contributed by atoms with Crippen LogP contribution in [0.2, 0.25) is 0 Å². The molecule has 0 saturated carbocycles. The topological polar surface area (TPSA) is 90.9 Å². The van der Waals surface area contributed by atoms with Gasteiger partial charge in [-0.3, -0.25) is 0 Å². The maximum atomic E-state index is 13.5. The quantitative estimate of drug-likeness (QED) is 0.107. The van der Waals surface area contributed by atoms with Gasteiger partial charge >= 0.3 is 23.2 Å². The molecule has 0 saturated heterocycles. The number of hydrogen-bond acceptors (Lipinski definition) is 9. The lowest BCUT2D eigenvalue weighted by molar-refractivity contribution is 0.0698. The maximum absolute atomic E-state index is 13.5. The molecule has 11 heteroatoms. The fourth-order valence-electron chi connectivity index (χ4n) is 6.82. The van der Waals surface area contributed by atoms with Gasteiger partial charge in [-0.2, -0.15) is 0 Å². The summed E-state index contributed by atoms with van der Waals surface area (Å²) in [5.74, 6) is 3.69. The number of ether oxygens (including phenoxy) is 2. The van der Waals surface area contributed by atoms with E-state index in [2.05, 4.69) is 13.8 Å². The van der Waals surface area contributed by atoms with Crippen molar-refractivity contribution in [2.75, 3.05) is 14.2 Å². The molecule has 0 bridgehead atoms. The molecule has 0 spiro atoms. The number of rotatable bonds is 13. The summed E-state index contributed by atoms with van der Waals surface area (Å²) in [4.78, 5) is 13.5. The van der Waals surface area contributed by atoms with Crippen LogP contribution >= 0.6 is 17.2 Å². The van der Waals surface area contributed by atoms with Crippen molar-refractivity contribution in [3.05, 3.63) is 114 Å². The smallest absolute Gasteiger partial charge is 0.497 e. The van der Waals surface area contributed by atoms with Gasteiger partial charge < -0.3 is 36.6 Å². The molecule has 6 aromatic rings. The molecule has 1 atom stereocenters. The van der Waals surface area contributed by atoms with Gasteiger partial charge in [-0.25, -0.2) is 4.79 Å². The Kier molecular flexibility index (Phi) is 10.4. The Morgan fingerprint density at radius 3 is 1.70 bits per heavy atom. The first-order valence-corrected chi connectivity index (χ1v) is 20.3. The summed E-state index contributed by atoms with van der Waals surface area (Å²) >= 11 is 0. The van der Waals surface area contributed by atoms with Gasteiger partial charge in [0.05, 0.1) is 19.6 Å². The van der Waals surface area contributed by atoms with Crippen LogP contribution in [0.1, 0.15) is 61.0 Å². The van der Waals surface area contributed by atoms with Crippen LogP contribution < -0.4 is 32.1 Å². The van der Waals surface area contributed by atoms with E-state index in [0.717, 1.165) is 58.4 Å². The highest BCUT2D eigenvalue weighted by Gasteiger charge is 2.36. The normalized spacial score (nSPS) is 14.7. The van der Waals surface area contributed by atoms with Gasteiger partial charge in [0, 0.05) is 16.5 Å². The highest BCUT2D eigenvalue weighted by atomic mass is 31.2. The summed E-state index contributed by atoms with van der Waals surface area (Å²) in [6, 6.07) is 31.1.